The van der Waals surface area contributed by atoms with Gasteiger partial charge >= 0.3 is 0 Å². The number of nitrogens with one attached hydrogen (secondary N) is 1. The fourth-order valence-corrected chi connectivity index (χ4v) is 3.16. The van der Waals surface area contributed by atoms with E-state index in [1.807, 2.05) is 13.8 Å². The molecule has 20 heavy (non-hydrogen) atoms. The van der Waals surface area contributed by atoms with E-state index in [0.29, 0.717) is 17.2 Å². The van der Waals surface area contributed by atoms with Crippen LogP contribution >= 0.6 is 0 Å². The predicted molar refractivity (Wildman–Crippen MR) is 77.5 cm³/mol. The van der Waals surface area contributed by atoms with E-state index in [9.17, 15) is 9.90 Å². The van der Waals surface area contributed by atoms with Crippen molar-refractivity contribution in [3.8, 4) is 0 Å². The standard InChI is InChI=1S/C15H25N3O2/c1-11-13(9-18(3)17-11)14(20)16-15(2,10-19)12-7-5-4-6-8-12/h9,12,19H,4-8,10H2,1-3H3,(H,16,20)/t15-/m1/s1. The molecule has 1 amide bonds. The van der Waals surface area contributed by atoms with Crippen LogP contribution in [0, 0.1) is 12.8 Å². The van der Waals surface area contributed by atoms with Crippen LogP contribution in [0.3, 0.4) is 0 Å². The van der Waals surface area contributed by atoms with Gasteiger partial charge in [0.1, 0.15) is 0 Å². The second-order valence-corrected chi connectivity index (χ2v) is 6.17. The van der Waals surface area contributed by atoms with Crippen LogP contribution in [-0.4, -0.2) is 32.9 Å². The monoisotopic (exact) mass is 279 g/mol. The largest absolute Gasteiger partial charge is 0.394 e. The second-order valence-electron chi connectivity index (χ2n) is 6.17. The van der Waals surface area contributed by atoms with Gasteiger partial charge in [0, 0.05) is 13.2 Å². The van der Waals surface area contributed by atoms with Gasteiger partial charge in [-0.15, -0.1) is 0 Å². The lowest BCUT2D eigenvalue weighted by Gasteiger charge is -2.39. The zero-order valence-corrected chi connectivity index (χ0v) is 12.6. The van der Waals surface area contributed by atoms with Crippen molar-refractivity contribution in [3.05, 3.63) is 17.5 Å². The van der Waals surface area contributed by atoms with Crippen molar-refractivity contribution >= 4 is 5.91 Å². The van der Waals surface area contributed by atoms with Gasteiger partial charge in [-0.3, -0.25) is 9.48 Å². The smallest absolute Gasteiger partial charge is 0.255 e. The van der Waals surface area contributed by atoms with Gasteiger partial charge in [0.2, 0.25) is 0 Å². The number of aryl methyl sites for hydroxylation is 2. The van der Waals surface area contributed by atoms with E-state index >= 15 is 0 Å². The number of nitrogens with zero attached hydrogens (tertiary/aromatic N) is 2. The quantitative estimate of drug-likeness (QED) is 0.883. The molecular weight excluding hydrogens is 254 g/mol. The molecule has 1 aromatic heterocycles. The average Bonchev–Trinajstić information content (AvgIpc) is 2.78. The first-order chi connectivity index (χ1) is 9.46. The highest BCUT2D eigenvalue weighted by Crippen LogP contribution is 2.32. The van der Waals surface area contributed by atoms with Crippen LogP contribution in [0.2, 0.25) is 0 Å². The number of hydrogen-bond acceptors (Lipinski definition) is 3. The maximum atomic E-state index is 12.4. The SMILES string of the molecule is Cc1nn(C)cc1C(=O)N[C@](C)(CO)C1CCCCC1. The van der Waals surface area contributed by atoms with E-state index in [0.717, 1.165) is 12.8 Å². The van der Waals surface area contributed by atoms with Crippen LogP contribution in [0.4, 0.5) is 0 Å². The lowest BCUT2D eigenvalue weighted by Crippen LogP contribution is -2.54. The summed E-state index contributed by atoms with van der Waals surface area (Å²) in [5, 5.41) is 17.0. The molecule has 1 aromatic rings. The van der Waals surface area contributed by atoms with Crippen LogP contribution in [-0.2, 0) is 7.05 Å². The Hall–Kier alpha value is -1.36. The van der Waals surface area contributed by atoms with Crippen LogP contribution in [0.5, 0.6) is 0 Å². The summed E-state index contributed by atoms with van der Waals surface area (Å²) in [5.41, 5.74) is 0.761. The minimum absolute atomic E-state index is 0.0251. The third-order valence-electron chi connectivity index (χ3n) is 4.49. The van der Waals surface area contributed by atoms with Crippen molar-refractivity contribution < 1.29 is 9.90 Å². The summed E-state index contributed by atoms with van der Waals surface area (Å²) in [6.45, 7) is 3.75. The number of aliphatic hydroxyl groups is 1. The Morgan fingerprint density at radius 3 is 2.65 bits per heavy atom. The zero-order chi connectivity index (χ0) is 14.8. The topological polar surface area (TPSA) is 67.2 Å². The summed E-state index contributed by atoms with van der Waals surface area (Å²) in [6, 6.07) is 0. The molecule has 1 atom stereocenters. The number of carbonyl (C=O) groups excluding carboxylic acids is 1. The molecule has 0 unspecified atom stereocenters. The summed E-state index contributed by atoms with van der Waals surface area (Å²) in [7, 11) is 1.80. The third kappa shape index (κ3) is 3.03. The van der Waals surface area contributed by atoms with Gasteiger partial charge in [0.05, 0.1) is 23.4 Å². The van der Waals surface area contributed by atoms with Gasteiger partial charge in [-0.2, -0.15) is 5.10 Å². The first-order valence-corrected chi connectivity index (χ1v) is 7.40. The van der Waals surface area contributed by atoms with Crippen LogP contribution < -0.4 is 5.32 Å². The molecule has 1 aliphatic rings. The molecule has 0 spiro atoms. The van der Waals surface area contributed by atoms with E-state index in [-0.39, 0.29) is 12.5 Å². The molecule has 0 aliphatic heterocycles. The highest BCUT2D eigenvalue weighted by Gasteiger charge is 2.36. The number of carbonyl (C=O) groups is 1. The maximum absolute atomic E-state index is 12.4. The van der Waals surface area contributed by atoms with Crippen molar-refractivity contribution in [3.63, 3.8) is 0 Å². The Kier molecular flexibility index (Phi) is 4.48. The van der Waals surface area contributed by atoms with Gasteiger partial charge in [0.15, 0.2) is 0 Å². The Bertz CT molecular complexity index is 477. The first kappa shape index (κ1) is 15.0. The van der Waals surface area contributed by atoms with E-state index in [4.69, 9.17) is 0 Å². The summed E-state index contributed by atoms with van der Waals surface area (Å²) >= 11 is 0. The number of aliphatic hydroxyl groups excluding tert-OH is 1. The van der Waals surface area contributed by atoms with Gasteiger partial charge in [0.25, 0.3) is 5.91 Å². The lowest BCUT2D eigenvalue weighted by atomic mass is 9.76. The number of amides is 1. The highest BCUT2D eigenvalue weighted by atomic mass is 16.3. The Morgan fingerprint density at radius 1 is 1.50 bits per heavy atom. The molecule has 1 heterocycles. The average molecular weight is 279 g/mol. The van der Waals surface area contributed by atoms with Crippen LogP contribution in [0.15, 0.2) is 6.20 Å². The van der Waals surface area contributed by atoms with Crippen molar-refractivity contribution in [2.75, 3.05) is 6.61 Å². The molecule has 5 nitrogen and oxygen atoms in total. The van der Waals surface area contributed by atoms with Gasteiger partial charge in [-0.05, 0) is 32.6 Å². The van der Waals surface area contributed by atoms with E-state index in [1.54, 1.807) is 17.9 Å². The molecule has 2 N–H and O–H groups in total. The van der Waals surface area contributed by atoms with Crippen LogP contribution in [0.1, 0.15) is 55.1 Å². The molecule has 1 aliphatic carbocycles. The zero-order valence-electron chi connectivity index (χ0n) is 12.6. The molecule has 0 radical (unpaired) electrons. The first-order valence-electron chi connectivity index (χ1n) is 7.40. The van der Waals surface area contributed by atoms with Crippen molar-refractivity contribution in [1.29, 1.82) is 0 Å². The van der Waals surface area contributed by atoms with Gasteiger partial charge < -0.3 is 10.4 Å². The summed E-state index contributed by atoms with van der Waals surface area (Å²) in [5.74, 6) is 0.208. The molecule has 0 saturated heterocycles. The molecule has 5 heteroatoms. The second kappa shape index (κ2) is 5.95. The lowest BCUT2D eigenvalue weighted by molar-refractivity contribution is 0.0679. The highest BCUT2D eigenvalue weighted by molar-refractivity contribution is 5.95. The third-order valence-corrected chi connectivity index (χ3v) is 4.49. The molecular formula is C15H25N3O2. The van der Waals surface area contributed by atoms with E-state index in [1.165, 1.54) is 19.3 Å². The number of rotatable bonds is 4. The van der Waals surface area contributed by atoms with Crippen molar-refractivity contribution in [2.24, 2.45) is 13.0 Å². The molecule has 2 rings (SSSR count). The molecule has 0 aromatic carbocycles. The Labute approximate surface area is 120 Å². The normalized spacial score (nSPS) is 19.6. The maximum Gasteiger partial charge on any atom is 0.255 e. The van der Waals surface area contributed by atoms with E-state index < -0.39 is 5.54 Å². The fraction of sp³-hybridized carbons (Fsp3) is 0.733. The van der Waals surface area contributed by atoms with Crippen molar-refractivity contribution in [2.45, 2.75) is 51.5 Å². The minimum atomic E-state index is -0.542. The molecule has 112 valence electrons. The number of hydrogen-bond donors (Lipinski definition) is 2. The Balaban J connectivity index is 2.12. The summed E-state index contributed by atoms with van der Waals surface area (Å²) in [4.78, 5) is 12.4. The molecule has 1 saturated carbocycles. The van der Waals surface area contributed by atoms with E-state index in [2.05, 4.69) is 10.4 Å². The fourth-order valence-electron chi connectivity index (χ4n) is 3.16. The van der Waals surface area contributed by atoms with Crippen LogP contribution in [0.25, 0.3) is 0 Å². The molecule has 1 fully saturated rings. The minimum Gasteiger partial charge on any atom is -0.394 e. The number of aromatic nitrogens is 2. The van der Waals surface area contributed by atoms with Crippen molar-refractivity contribution in [1.82, 2.24) is 15.1 Å². The Morgan fingerprint density at radius 2 is 2.15 bits per heavy atom. The van der Waals surface area contributed by atoms with Gasteiger partial charge in [-0.1, -0.05) is 19.3 Å². The predicted octanol–water partition coefficient (Wildman–Crippen LogP) is 1.79. The summed E-state index contributed by atoms with van der Waals surface area (Å²) < 4.78 is 1.64. The molecule has 0 bridgehead atoms. The summed E-state index contributed by atoms with van der Waals surface area (Å²) in [6.07, 6.45) is 7.49. The van der Waals surface area contributed by atoms with Gasteiger partial charge in [-0.25, -0.2) is 0 Å².